The number of rotatable bonds is 2. The van der Waals surface area contributed by atoms with Crippen molar-refractivity contribution in [2.24, 2.45) is 5.73 Å². The second-order valence-corrected chi connectivity index (χ2v) is 6.39. The normalized spacial score (nSPS) is 18.2. The molecule has 4 nitrogen and oxygen atoms in total. The number of nitrogens with one attached hydrogen (secondary N) is 1. The molecule has 102 valence electrons. The Hall–Kier alpha value is -1.03. The van der Waals surface area contributed by atoms with Gasteiger partial charge in [0.1, 0.15) is 0 Å². The van der Waals surface area contributed by atoms with Crippen LogP contribution in [0.5, 0.6) is 0 Å². The van der Waals surface area contributed by atoms with Gasteiger partial charge < -0.3 is 5.73 Å². The van der Waals surface area contributed by atoms with Gasteiger partial charge >= 0.3 is 0 Å². The van der Waals surface area contributed by atoms with Gasteiger partial charge in [-0.15, -0.1) is 0 Å². The number of hydrogen-bond acceptors (Lipinski definition) is 2. The van der Waals surface area contributed by atoms with Crippen molar-refractivity contribution in [2.75, 3.05) is 0 Å². The molecule has 0 aromatic carbocycles. The van der Waals surface area contributed by atoms with Gasteiger partial charge in [-0.2, -0.15) is 0 Å². The van der Waals surface area contributed by atoms with E-state index in [0.29, 0.717) is 12.6 Å². The Kier molecular flexibility index (Phi) is 3.66. The lowest BCUT2D eigenvalue weighted by Crippen LogP contribution is -2.26. The van der Waals surface area contributed by atoms with Crippen molar-refractivity contribution in [3.05, 3.63) is 21.6 Å². The van der Waals surface area contributed by atoms with Crippen molar-refractivity contribution < 1.29 is 0 Å². The van der Waals surface area contributed by atoms with Crippen LogP contribution in [0.2, 0.25) is 0 Å². The third-order valence-corrected chi connectivity index (χ3v) is 3.90. The summed E-state index contributed by atoms with van der Waals surface area (Å²) in [5, 5.41) is 3.33. The Labute approximate surface area is 109 Å². The highest BCUT2D eigenvalue weighted by Crippen LogP contribution is 2.29. The lowest BCUT2D eigenvalue weighted by molar-refractivity contribution is 0.319. The van der Waals surface area contributed by atoms with Gasteiger partial charge in [0.05, 0.1) is 11.6 Å². The van der Waals surface area contributed by atoms with Gasteiger partial charge in [-0.25, -0.2) is 4.68 Å². The van der Waals surface area contributed by atoms with E-state index in [4.69, 9.17) is 5.73 Å². The van der Waals surface area contributed by atoms with E-state index in [1.807, 2.05) is 4.68 Å². The van der Waals surface area contributed by atoms with Gasteiger partial charge in [-0.3, -0.25) is 9.89 Å². The van der Waals surface area contributed by atoms with Gasteiger partial charge in [-0.05, 0) is 12.8 Å². The quantitative estimate of drug-likeness (QED) is 0.848. The molecule has 1 aliphatic rings. The number of nitrogens with zero attached hydrogens (tertiary/aromatic N) is 1. The molecule has 0 aliphatic heterocycles. The smallest absolute Gasteiger partial charge is 0.271 e. The van der Waals surface area contributed by atoms with Crippen molar-refractivity contribution in [2.45, 2.75) is 70.9 Å². The molecule has 2 rings (SSSR count). The van der Waals surface area contributed by atoms with E-state index >= 15 is 0 Å². The minimum absolute atomic E-state index is 0.0617. The Bertz CT molecular complexity index is 458. The van der Waals surface area contributed by atoms with Crippen molar-refractivity contribution in [3.63, 3.8) is 0 Å². The zero-order chi connectivity index (χ0) is 13.3. The lowest BCUT2D eigenvalue weighted by Gasteiger charge is -2.23. The summed E-state index contributed by atoms with van der Waals surface area (Å²) in [5.41, 5.74) is 7.55. The minimum Gasteiger partial charge on any atom is -0.326 e. The fraction of sp³-hybridized carbons (Fsp3) is 0.786. The van der Waals surface area contributed by atoms with Crippen LogP contribution >= 0.6 is 0 Å². The van der Waals surface area contributed by atoms with Crippen LogP contribution in [-0.4, -0.2) is 9.78 Å². The summed E-state index contributed by atoms with van der Waals surface area (Å²) in [6.45, 7) is 6.66. The summed E-state index contributed by atoms with van der Waals surface area (Å²) < 4.78 is 1.84. The molecule has 0 saturated heterocycles. The van der Waals surface area contributed by atoms with Gasteiger partial charge in [0, 0.05) is 17.7 Å². The standard InChI is InChI=1S/C14H25N3O/c1-14(2,3)12-11(9-15)13(18)17(16-12)10-7-5-4-6-8-10/h10,16H,4-9,15H2,1-3H3. The van der Waals surface area contributed by atoms with Crippen LogP contribution in [0.1, 0.15) is 70.2 Å². The fourth-order valence-electron chi connectivity index (χ4n) is 2.90. The molecule has 1 aromatic heterocycles. The summed E-state index contributed by atoms with van der Waals surface area (Å²) in [6, 6.07) is 0.340. The Morgan fingerprint density at radius 2 is 1.89 bits per heavy atom. The number of nitrogens with two attached hydrogens (primary N) is 1. The molecule has 0 spiro atoms. The zero-order valence-electron chi connectivity index (χ0n) is 11.8. The summed E-state index contributed by atoms with van der Waals surface area (Å²) >= 11 is 0. The van der Waals surface area contributed by atoms with E-state index in [-0.39, 0.29) is 11.0 Å². The number of aromatic amines is 1. The van der Waals surface area contributed by atoms with Crippen LogP contribution in [0.4, 0.5) is 0 Å². The van der Waals surface area contributed by atoms with Crippen LogP contribution in [0.15, 0.2) is 4.79 Å². The Morgan fingerprint density at radius 1 is 1.28 bits per heavy atom. The molecule has 3 N–H and O–H groups in total. The molecular weight excluding hydrogens is 226 g/mol. The molecular formula is C14H25N3O. The Balaban J connectivity index is 2.43. The van der Waals surface area contributed by atoms with E-state index in [0.717, 1.165) is 24.1 Å². The zero-order valence-corrected chi connectivity index (χ0v) is 11.8. The monoisotopic (exact) mass is 251 g/mol. The maximum absolute atomic E-state index is 12.4. The van der Waals surface area contributed by atoms with E-state index < -0.39 is 0 Å². The van der Waals surface area contributed by atoms with E-state index in [1.54, 1.807) is 0 Å². The molecule has 1 saturated carbocycles. The number of H-pyrrole nitrogens is 1. The largest absolute Gasteiger partial charge is 0.326 e. The first kappa shape index (κ1) is 13.4. The van der Waals surface area contributed by atoms with Crippen LogP contribution in [0.25, 0.3) is 0 Å². The van der Waals surface area contributed by atoms with E-state index in [9.17, 15) is 4.79 Å². The predicted octanol–water partition coefficient (Wildman–Crippen LogP) is 2.44. The minimum atomic E-state index is -0.0617. The first-order chi connectivity index (χ1) is 8.45. The molecule has 1 aromatic rings. The third kappa shape index (κ3) is 2.39. The van der Waals surface area contributed by atoms with Crippen molar-refractivity contribution in [3.8, 4) is 0 Å². The molecule has 1 aliphatic carbocycles. The second-order valence-electron chi connectivity index (χ2n) is 6.39. The maximum atomic E-state index is 12.4. The van der Waals surface area contributed by atoms with E-state index in [2.05, 4.69) is 25.9 Å². The van der Waals surface area contributed by atoms with Crippen LogP contribution in [0.3, 0.4) is 0 Å². The fourth-order valence-corrected chi connectivity index (χ4v) is 2.90. The average Bonchev–Trinajstić information content (AvgIpc) is 2.67. The molecule has 0 atom stereocenters. The van der Waals surface area contributed by atoms with Gasteiger partial charge in [0.25, 0.3) is 5.56 Å². The second kappa shape index (κ2) is 4.92. The first-order valence-electron chi connectivity index (χ1n) is 6.99. The van der Waals surface area contributed by atoms with E-state index in [1.165, 1.54) is 19.3 Å². The highest BCUT2D eigenvalue weighted by atomic mass is 16.1. The molecule has 1 heterocycles. The first-order valence-corrected chi connectivity index (χ1v) is 6.99. The molecule has 1 fully saturated rings. The summed E-state index contributed by atoms with van der Waals surface area (Å²) in [6.07, 6.45) is 5.95. The molecule has 0 bridgehead atoms. The topological polar surface area (TPSA) is 63.8 Å². The summed E-state index contributed by atoms with van der Waals surface area (Å²) in [4.78, 5) is 12.4. The highest BCUT2D eigenvalue weighted by Gasteiger charge is 2.26. The van der Waals surface area contributed by atoms with Gasteiger partial charge in [0.15, 0.2) is 0 Å². The molecule has 4 heteroatoms. The van der Waals surface area contributed by atoms with Crippen LogP contribution in [-0.2, 0) is 12.0 Å². The molecule has 0 unspecified atom stereocenters. The van der Waals surface area contributed by atoms with Crippen LogP contribution < -0.4 is 11.3 Å². The van der Waals surface area contributed by atoms with Crippen LogP contribution in [0, 0.1) is 0 Å². The van der Waals surface area contributed by atoms with Crippen molar-refractivity contribution >= 4 is 0 Å². The van der Waals surface area contributed by atoms with Gasteiger partial charge in [-0.1, -0.05) is 40.0 Å². The van der Waals surface area contributed by atoms with Crippen molar-refractivity contribution in [1.29, 1.82) is 0 Å². The van der Waals surface area contributed by atoms with Gasteiger partial charge in [0.2, 0.25) is 0 Å². The highest BCUT2D eigenvalue weighted by molar-refractivity contribution is 5.24. The molecule has 0 amide bonds. The van der Waals surface area contributed by atoms with Crippen molar-refractivity contribution in [1.82, 2.24) is 9.78 Å². The number of hydrogen-bond donors (Lipinski definition) is 2. The summed E-state index contributed by atoms with van der Waals surface area (Å²) in [7, 11) is 0. The summed E-state index contributed by atoms with van der Waals surface area (Å²) in [5.74, 6) is 0. The molecule has 0 radical (unpaired) electrons. The maximum Gasteiger partial charge on any atom is 0.271 e. The third-order valence-electron chi connectivity index (χ3n) is 3.90. The average molecular weight is 251 g/mol. The molecule has 18 heavy (non-hydrogen) atoms. The number of aromatic nitrogens is 2. The Morgan fingerprint density at radius 3 is 2.33 bits per heavy atom. The SMILES string of the molecule is CC(C)(C)c1[nH]n(C2CCCCC2)c(=O)c1CN. The predicted molar refractivity (Wildman–Crippen MR) is 73.8 cm³/mol. The lowest BCUT2D eigenvalue weighted by atomic mass is 9.89.